The van der Waals surface area contributed by atoms with Crippen molar-refractivity contribution < 1.29 is 9.90 Å². The van der Waals surface area contributed by atoms with Crippen molar-refractivity contribution in [1.29, 1.82) is 0 Å². The Hall–Kier alpha value is -1.71. The summed E-state index contributed by atoms with van der Waals surface area (Å²) in [6.07, 6.45) is 0. The molecule has 58 valence electrons. The number of primary amides is 1. The summed E-state index contributed by atoms with van der Waals surface area (Å²) in [7, 11) is 0. The van der Waals surface area contributed by atoms with E-state index in [0.29, 0.717) is 0 Å². The third-order valence-corrected chi connectivity index (χ3v) is 1.30. The lowest BCUT2D eigenvalue weighted by molar-refractivity contribution is 0.100. The van der Waals surface area contributed by atoms with Crippen LogP contribution in [0.5, 0.6) is 5.75 Å². The van der Waals surface area contributed by atoms with Gasteiger partial charge in [0.2, 0.25) is 0 Å². The molecule has 4 nitrogen and oxygen atoms in total. The van der Waals surface area contributed by atoms with Crippen molar-refractivity contribution >= 4 is 11.6 Å². The molecule has 4 heteroatoms. The number of benzene rings is 1. The minimum atomic E-state index is -0.640. The van der Waals surface area contributed by atoms with Crippen molar-refractivity contribution in [2.24, 2.45) is 5.73 Å². The molecule has 0 saturated heterocycles. The monoisotopic (exact) mass is 152 g/mol. The minimum Gasteiger partial charge on any atom is -0.508 e. The molecule has 1 aromatic rings. The van der Waals surface area contributed by atoms with E-state index < -0.39 is 5.91 Å². The Bertz CT molecular complexity index is 296. The van der Waals surface area contributed by atoms with Gasteiger partial charge in [-0.25, -0.2) is 0 Å². The predicted molar refractivity (Wildman–Crippen MR) is 41.0 cm³/mol. The molecular weight excluding hydrogens is 144 g/mol. The number of anilines is 1. The van der Waals surface area contributed by atoms with Gasteiger partial charge in [-0.3, -0.25) is 4.79 Å². The molecule has 0 aliphatic heterocycles. The first-order valence-electron chi connectivity index (χ1n) is 2.99. The van der Waals surface area contributed by atoms with Gasteiger partial charge in [0, 0.05) is 5.69 Å². The largest absolute Gasteiger partial charge is 0.508 e. The zero-order valence-corrected chi connectivity index (χ0v) is 5.74. The lowest BCUT2D eigenvalue weighted by Gasteiger charge is -2.00. The molecule has 5 N–H and O–H groups in total. The second-order valence-corrected chi connectivity index (χ2v) is 2.14. The third-order valence-electron chi connectivity index (χ3n) is 1.30. The van der Waals surface area contributed by atoms with Gasteiger partial charge in [-0.05, 0) is 18.2 Å². The summed E-state index contributed by atoms with van der Waals surface area (Å²) in [5.41, 5.74) is 10.7. The van der Waals surface area contributed by atoms with Crippen molar-refractivity contribution in [3.8, 4) is 5.75 Å². The average Bonchev–Trinajstić information content (AvgIpc) is 1.94. The molecule has 1 amide bonds. The predicted octanol–water partition coefficient (Wildman–Crippen LogP) is 0.0733. The summed E-state index contributed by atoms with van der Waals surface area (Å²) >= 11 is 0. The molecule has 0 saturated carbocycles. The van der Waals surface area contributed by atoms with Gasteiger partial charge < -0.3 is 16.6 Å². The van der Waals surface area contributed by atoms with Gasteiger partial charge in [0.15, 0.2) is 0 Å². The van der Waals surface area contributed by atoms with Gasteiger partial charge in [-0.15, -0.1) is 0 Å². The summed E-state index contributed by atoms with van der Waals surface area (Å²) in [4.78, 5) is 10.6. The normalized spacial score (nSPS) is 9.45. The summed E-state index contributed by atoms with van der Waals surface area (Å²) in [5, 5.41) is 8.92. The highest BCUT2D eigenvalue weighted by atomic mass is 16.3. The fourth-order valence-electron chi connectivity index (χ4n) is 0.758. The number of hydrogen-bond acceptors (Lipinski definition) is 3. The zero-order chi connectivity index (χ0) is 8.43. The molecule has 0 unspecified atom stereocenters. The number of phenolic OH excluding ortho intramolecular Hbond substituents is 1. The smallest absolute Gasteiger partial charge is 0.250 e. The minimum absolute atomic E-state index is 0.0204. The highest BCUT2D eigenvalue weighted by Gasteiger charge is 2.05. The van der Waals surface area contributed by atoms with Gasteiger partial charge in [0.25, 0.3) is 5.91 Å². The number of carbonyl (C=O) groups is 1. The van der Waals surface area contributed by atoms with Crippen LogP contribution in [0.3, 0.4) is 0 Å². The number of carbonyl (C=O) groups excluding carboxylic acids is 1. The Morgan fingerprint density at radius 1 is 1.45 bits per heavy atom. The second-order valence-electron chi connectivity index (χ2n) is 2.14. The first kappa shape index (κ1) is 7.40. The fraction of sp³-hybridized carbons (Fsp3) is 0. The number of aromatic hydroxyl groups is 1. The van der Waals surface area contributed by atoms with Crippen LogP contribution in [0, 0.1) is 0 Å². The third kappa shape index (κ3) is 1.40. The molecule has 11 heavy (non-hydrogen) atoms. The molecule has 1 aromatic carbocycles. The Morgan fingerprint density at radius 3 is 2.55 bits per heavy atom. The topological polar surface area (TPSA) is 89.3 Å². The molecule has 0 spiro atoms. The number of nitrogen functional groups attached to an aromatic ring is 1. The Kier molecular flexibility index (Phi) is 1.68. The number of nitrogens with two attached hydrogens (primary N) is 2. The van der Waals surface area contributed by atoms with E-state index in [1.165, 1.54) is 18.2 Å². The van der Waals surface area contributed by atoms with Gasteiger partial charge in [-0.1, -0.05) is 0 Å². The van der Waals surface area contributed by atoms with Crippen LogP contribution in [0.1, 0.15) is 10.4 Å². The van der Waals surface area contributed by atoms with Crippen LogP contribution < -0.4 is 11.5 Å². The molecule has 0 aromatic heterocycles. The van der Waals surface area contributed by atoms with Crippen molar-refractivity contribution in [2.75, 3.05) is 5.73 Å². The van der Waals surface area contributed by atoms with Crippen LogP contribution in [-0.2, 0) is 0 Å². The Morgan fingerprint density at radius 2 is 2.09 bits per heavy atom. The van der Waals surface area contributed by atoms with E-state index in [-0.39, 0.29) is 17.0 Å². The Balaban J connectivity index is 3.23. The van der Waals surface area contributed by atoms with Crippen LogP contribution >= 0.6 is 0 Å². The van der Waals surface area contributed by atoms with Crippen LogP contribution in [0.15, 0.2) is 18.2 Å². The fourth-order valence-corrected chi connectivity index (χ4v) is 0.758. The highest BCUT2D eigenvalue weighted by molar-refractivity contribution is 5.98. The second kappa shape index (κ2) is 2.49. The van der Waals surface area contributed by atoms with Gasteiger partial charge in [0.1, 0.15) is 5.75 Å². The maximum absolute atomic E-state index is 10.6. The number of phenols is 1. The van der Waals surface area contributed by atoms with Crippen LogP contribution in [0.25, 0.3) is 0 Å². The van der Waals surface area contributed by atoms with E-state index >= 15 is 0 Å². The van der Waals surface area contributed by atoms with Crippen LogP contribution in [0.2, 0.25) is 0 Å². The molecule has 1 rings (SSSR count). The lowest BCUT2D eigenvalue weighted by Crippen LogP contribution is -2.13. The molecule has 0 bridgehead atoms. The van der Waals surface area contributed by atoms with Gasteiger partial charge in [-0.2, -0.15) is 0 Å². The van der Waals surface area contributed by atoms with Crippen molar-refractivity contribution in [1.82, 2.24) is 0 Å². The molecule has 0 heterocycles. The quantitative estimate of drug-likeness (QED) is 0.393. The summed E-state index contributed by atoms with van der Waals surface area (Å²) < 4.78 is 0. The van der Waals surface area contributed by atoms with Crippen LogP contribution in [-0.4, -0.2) is 11.0 Å². The maximum Gasteiger partial charge on any atom is 0.250 e. The molecule has 0 aliphatic carbocycles. The molecule has 0 radical (unpaired) electrons. The first-order valence-corrected chi connectivity index (χ1v) is 2.99. The van der Waals surface area contributed by atoms with E-state index in [0.717, 1.165) is 0 Å². The highest BCUT2D eigenvalue weighted by Crippen LogP contribution is 2.17. The number of amides is 1. The standard InChI is InChI=1S/C7H8N2O2/c8-6-2-1-4(10)3-5(6)7(9)11/h1-3,10H,8H2,(H2,9,11). The van der Waals surface area contributed by atoms with E-state index in [1.54, 1.807) is 0 Å². The zero-order valence-electron chi connectivity index (χ0n) is 5.74. The van der Waals surface area contributed by atoms with Gasteiger partial charge in [0.05, 0.1) is 5.56 Å². The van der Waals surface area contributed by atoms with E-state index in [9.17, 15) is 4.79 Å². The van der Waals surface area contributed by atoms with E-state index in [1.807, 2.05) is 0 Å². The lowest BCUT2D eigenvalue weighted by atomic mass is 10.1. The van der Waals surface area contributed by atoms with Gasteiger partial charge >= 0.3 is 0 Å². The summed E-state index contributed by atoms with van der Waals surface area (Å²) in [6, 6.07) is 4.05. The molecule has 0 aliphatic rings. The molecule has 0 atom stereocenters. The number of rotatable bonds is 1. The summed E-state index contributed by atoms with van der Waals surface area (Å²) in [6.45, 7) is 0. The first-order chi connectivity index (χ1) is 5.11. The molecule has 0 fully saturated rings. The Labute approximate surface area is 63.4 Å². The molecular formula is C7H8N2O2. The van der Waals surface area contributed by atoms with Crippen LogP contribution in [0.4, 0.5) is 5.69 Å². The van der Waals surface area contributed by atoms with E-state index in [4.69, 9.17) is 16.6 Å². The summed E-state index contributed by atoms with van der Waals surface area (Å²) in [5.74, 6) is -0.661. The van der Waals surface area contributed by atoms with E-state index in [2.05, 4.69) is 0 Å². The maximum atomic E-state index is 10.6. The SMILES string of the molecule is NC(=O)c1cc(O)ccc1N. The van der Waals surface area contributed by atoms with Crippen molar-refractivity contribution in [3.05, 3.63) is 23.8 Å². The van der Waals surface area contributed by atoms with Crippen molar-refractivity contribution in [2.45, 2.75) is 0 Å². The van der Waals surface area contributed by atoms with Crippen molar-refractivity contribution in [3.63, 3.8) is 0 Å². The number of hydrogen-bond donors (Lipinski definition) is 3. The average molecular weight is 152 g/mol.